The maximum Gasteiger partial charge on any atom is 0.339 e. The van der Waals surface area contributed by atoms with Crippen molar-refractivity contribution in [1.82, 2.24) is 4.98 Å². The van der Waals surface area contributed by atoms with E-state index < -0.39 is 17.3 Å². The number of hydrogen-bond donors (Lipinski definition) is 1. The zero-order chi connectivity index (χ0) is 9.84. The molecule has 1 N–H and O–H groups in total. The summed E-state index contributed by atoms with van der Waals surface area (Å²) >= 11 is 0. The molecule has 0 unspecified atom stereocenters. The molecule has 0 saturated carbocycles. The summed E-state index contributed by atoms with van der Waals surface area (Å²) in [6.07, 6.45) is 2.80. The Labute approximate surface area is 74.5 Å². The van der Waals surface area contributed by atoms with Crippen LogP contribution in [-0.4, -0.2) is 21.8 Å². The number of rotatable bonds is 3. The number of aliphatic carboxylic acids is 1. The molecule has 0 aromatic carbocycles. The van der Waals surface area contributed by atoms with Crippen molar-refractivity contribution < 1.29 is 14.7 Å². The van der Waals surface area contributed by atoms with Crippen molar-refractivity contribution in [1.29, 1.82) is 0 Å². The Morgan fingerprint density at radius 3 is 2.62 bits per heavy atom. The summed E-state index contributed by atoms with van der Waals surface area (Å²) in [6, 6.07) is 3.05. The van der Waals surface area contributed by atoms with E-state index in [9.17, 15) is 9.59 Å². The number of aromatic nitrogens is 1. The molecule has 0 spiro atoms. The fourth-order valence-electron chi connectivity index (χ4n) is 0.768. The van der Waals surface area contributed by atoms with Gasteiger partial charge < -0.3 is 5.11 Å². The molecule has 4 nitrogen and oxygen atoms in total. The zero-order valence-electron chi connectivity index (χ0n) is 6.73. The number of carboxylic acid groups (broad SMARTS) is 1. The minimum absolute atomic E-state index is 0.231. The molecule has 4 heteroatoms. The quantitative estimate of drug-likeness (QED) is 0.322. The van der Waals surface area contributed by atoms with Crippen molar-refractivity contribution >= 4 is 11.8 Å². The van der Waals surface area contributed by atoms with Crippen LogP contribution in [-0.2, 0) is 4.79 Å². The number of carbonyl (C=O) groups is 2. The zero-order valence-corrected chi connectivity index (χ0v) is 6.73. The molecule has 0 atom stereocenters. The first kappa shape index (κ1) is 9.12. The molecule has 0 saturated heterocycles. The van der Waals surface area contributed by atoms with E-state index in [0.29, 0.717) is 0 Å². The summed E-state index contributed by atoms with van der Waals surface area (Å²) < 4.78 is 0. The van der Waals surface area contributed by atoms with Crippen molar-refractivity contribution in [3.05, 3.63) is 42.2 Å². The van der Waals surface area contributed by atoms with E-state index in [0.717, 1.165) is 0 Å². The number of pyridine rings is 1. The molecule has 0 amide bonds. The summed E-state index contributed by atoms with van der Waals surface area (Å²) in [4.78, 5) is 25.3. The van der Waals surface area contributed by atoms with Crippen molar-refractivity contribution in [2.45, 2.75) is 0 Å². The van der Waals surface area contributed by atoms with E-state index in [-0.39, 0.29) is 5.56 Å². The van der Waals surface area contributed by atoms with Gasteiger partial charge in [-0.05, 0) is 12.1 Å². The maximum absolute atomic E-state index is 11.3. The van der Waals surface area contributed by atoms with E-state index in [1.54, 1.807) is 6.07 Å². The minimum atomic E-state index is -1.31. The molecule has 1 heterocycles. The average molecular weight is 177 g/mol. The fraction of sp³-hybridized carbons (Fsp3) is 0. The second-order valence-corrected chi connectivity index (χ2v) is 2.35. The van der Waals surface area contributed by atoms with Crippen molar-refractivity contribution in [3.63, 3.8) is 0 Å². The maximum atomic E-state index is 11.3. The lowest BCUT2D eigenvalue weighted by Crippen LogP contribution is -2.11. The van der Waals surface area contributed by atoms with Gasteiger partial charge in [0.05, 0.1) is 0 Å². The van der Waals surface area contributed by atoms with Crippen molar-refractivity contribution in [2.24, 2.45) is 0 Å². The molecule has 0 aliphatic heterocycles. The van der Waals surface area contributed by atoms with Crippen LogP contribution in [0.25, 0.3) is 0 Å². The van der Waals surface area contributed by atoms with Gasteiger partial charge >= 0.3 is 5.97 Å². The van der Waals surface area contributed by atoms with Gasteiger partial charge in [0.2, 0.25) is 5.78 Å². The molecule has 1 aromatic heterocycles. The van der Waals surface area contributed by atoms with Gasteiger partial charge in [0.1, 0.15) is 5.57 Å². The summed E-state index contributed by atoms with van der Waals surface area (Å²) in [6.45, 7) is 3.15. The number of hydrogen-bond acceptors (Lipinski definition) is 3. The van der Waals surface area contributed by atoms with Crippen LogP contribution in [0.2, 0.25) is 0 Å². The Balaban J connectivity index is 2.93. The lowest BCUT2D eigenvalue weighted by atomic mass is 10.1. The Kier molecular flexibility index (Phi) is 2.54. The van der Waals surface area contributed by atoms with Crippen LogP contribution in [0.15, 0.2) is 36.7 Å². The molecular formula is C9H7NO3. The summed E-state index contributed by atoms with van der Waals surface area (Å²) in [5.41, 5.74) is -0.220. The van der Waals surface area contributed by atoms with Crippen LogP contribution in [0, 0.1) is 0 Å². The Bertz CT molecular complexity index is 356. The van der Waals surface area contributed by atoms with Gasteiger partial charge in [0, 0.05) is 18.0 Å². The van der Waals surface area contributed by atoms with Gasteiger partial charge in [0.15, 0.2) is 0 Å². The third-order valence-electron chi connectivity index (χ3n) is 1.46. The second kappa shape index (κ2) is 3.62. The smallest absolute Gasteiger partial charge is 0.339 e. The molecule has 0 aliphatic carbocycles. The van der Waals surface area contributed by atoms with E-state index in [1.165, 1.54) is 18.5 Å². The largest absolute Gasteiger partial charge is 0.478 e. The Morgan fingerprint density at radius 1 is 1.46 bits per heavy atom. The van der Waals surface area contributed by atoms with Gasteiger partial charge in [-0.2, -0.15) is 0 Å². The molecule has 1 aromatic rings. The average Bonchev–Trinajstić information content (AvgIpc) is 2.17. The SMILES string of the molecule is C=C(C(=O)O)C(=O)c1cccnc1. The van der Waals surface area contributed by atoms with E-state index in [1.807, 2.05) is 0 Å². The lowest BCUT2D eigenvalue weighted by Gasteiger charge is -1.97. The Hall–Kier alpha value is -1.97. The standard InChI is InChI=1S/C9H7NO3/c1-6(9(12)13)8(11)7-3-2-4-10-5-7/h2-5H,1H2,(H,12,13). The Morgan fingerprint density at radius 2 is 2.15 bits per heavy atom. The summed E-state index contributed by atoms with van der Waals surface area (Å²) in [5, 5.41) is 8.47. The first-order valence-electron chi connectivity index (χ1n) is 3.50. The van der Waals surface area contributed by atoms with Crippen molar-refractivity contribution in [3.8, 4) is 0 Å². The van der Waals surface area contributed by atoms with Gasteiger partial charge in [-0.25, -0.2) is 4.79 Å². The van der Waals surface area contributed by atoms with E-state index in [4.69, 9.17) is 5.11 Å². The number of carbonyl (C=O) groups excluding carboxylic acids is 1. The van der Waals surface area contributed by atoms with Crippen LogP contribution < -0.4 is 0 Å². The van der Waals surface area contributed by atoms with Gasteiger partial charge in [-0.1, -0.05) is 6.58 Å². The third kappa shape index (κ3) is 1.99. The van der Waals surface area contributed by atoms with E-state index in [2.05, 4.69) is 11.6 Å². The fourth-order valence-corrected chi connectivity index (χ4v) is 0.768. The summed E-state index contributed by atoms with van der Waals surface area (Å²) in [7, 11) is 0. The molecule has 13 heavy (non-hydrogen) atoms. The topological polar surface area (TPSA) is 67.3 Å². The van der Waals surface area contributed by atoms with Crippen LogP contribution >= 0.6 is 0 Å². The van der Waals surface area contributed by atoms with Gasteiger partial charge in [-0.15, -0.1) is 0 Å². The number of carboxylic acids is 1. The van der Waals surface area contributed by atoms with Gasteiger partial charge in [-0.3, -0.25) is 9.78 Å². The van der Waals surface area contributed by atoms with Crippen LogP contribution in [0.1, 0.15) is 10.4 Å². The molecule has 0 bridgehead atoms. The highest BCUT2D eigenvalue weighted by molar-refractivity contribution is 6.23. The first-order valence-corrected chi connectivity index (χ1v) is 3.50. The molecule has 0 radical (unpaired) electrons. The highest BCUT2D eigenvalue weighted by Gasteiger charge is 2.15. The third-order valence-corrected chi connectivity index (χ3v) is 1.46. The predicted molar refractivity (Wildman–Crippen MR) is 45.3 cm³/mol. The van der Waals surface area contributed by atoms with Gasteiger partial charge in [0.25, 0.3) is 0 Å². The minimum Gasteiger partial charge on any atom is -0.478 e. The summed E-state index contributed by atoms with van der Waals surface area (Å²) in [5.74, 6) is -1.92. The molecule has 66 valence electrons. The number of Topliss-reactive ketones (excluding diaryl/α,β-unsaturated/α-hetero) is 1. The van der Waals surface area contributed by atoms with E-state index >= 15 is 0 Å². The second-order valence-electron chi connectivity index (χ2n) is 2.35. The predicted octanol–water partition coefficient (Wildman–Crippen LogP) is 0.905. The highest BCUT2D eigenvalue weighted by atomic mass is 16.4. The van der Waals surface area contributed by atoms with Crippen LogP contribution in [0.4, 0.5) is 0 Å². The highest BCUT2D eigenvalue weighted by Crippen LogP contribution is 2.04. The molecule has 0 fully saturated rings. The number of nitrogens with zero attached hydrogens (tertiary/aromatic N) is 1. The van der Waals surface area contributed by atoms with Crippen molar-refractivity contribution in [2.75, 3.05) is 0 Å². The molecule has 1 rings (SSSR count). The number of ketones is 1. The molecule has 0 aliphatic rings. The molecular weight excluding hydrogens is 170 g/mol. The monoisotopic (exact) mass is 177 g/mol. The lowest BCUT2D eigenvalue weighted by molar-refractivity contribution is -0.132. The first-order chi connectivity index (χ1) is 6.13. The van der Waals surface area contributed by atoms with Crippen LogP contribution in [0.3, 0.4) is 0 Å². The normalized spacial score (nSPS) is 9.23. The van der Waals surface area contributed by atoms with Crippen LogP contribution in [0.5, 0.6) is 0 Å².